The molecule has 0 fully saturated rings. The maximum absolute atomic E-state index is 5.68. The summed E-state index contributed by atoms with van der Waals surface area (Å²) in [6.45, 7) is 7.38. The molecule has 0 aromatic heterocycles. The van der Waals surface area contributed by atoms with Gasteiger partial charge < -0.3 is 4.74 Å². The molecule has 2 heteroatoms. The van der Waals surface area contributed by atoms with Gasteiger partial charge in [0.1, 0.15) is 5.75 Å². The SMILES string of the molecule is CCCc1ccc(OCCC(C)C)cc1S. The van der Waals surface area contributed by atoms with Crippen molar-refractivity contribution in [2.75, 3.05) is 6.61 Å². The molecule has 16 heavy (non-hydrogen) atoms. The van der Waals surface area contributed by atoms with E-state index in [0.717, 1.165) is 36.5 Å². The van der Waals surface area contributed by atoms with Gasteiger partial charge in [0.05, 0.1) is 6.61 Å². The summed E-state index contributed by atoms with van der Waals surface area (Å²) in [6.07, 6.45) is 3.34. The molecule has 1 aromatic carbocycles. The van der Waals surface area contributed by atoms with Gasteiger partial charge in [-0.1, -0.05) is 33.3 Å². The zero-order valence-corrected chi connectivity index (χ0v) is 11.4. The molecular formula is C14H22OS. The lowest BCUT2D eigenvalue weighted by Gasteiger charge is -2.10. The topological polar surface area (TPSA) is 9.23 Å². The number of rotatable bonds is 6. The molecule has 1 aromatic rings. The summed E-state index contributed by atoms with van der Waals surface area (Å²) in [6, 6.07) is 6.19. The van der Waals surface area contributed by atoms with Crippen LogP contribution in [0.2, 0.25) is 0 Å². The lowest BCUT2D eigenvalue weighted by atomic mass is 10.1. The lowest BCUT2D eigenvalue weighted by Crippen LogP contribution is -2.01. The van der Waals surface area contributed by atoms with Crippen molar-refractivity contribution >= 4 is 12.6 Å². The van der Waals surface area contributed by atoms with Crippen molar-refractivity contribution in [1.29, 1.82) is 0 Å². The molecule has 0 saturated carbocycles. The number of hydrogen-bond donors (Lipinski definition) is 1. The number of hydrogen-bond acceptors (Lipinski definition) is 2. The Hall–Kier alpha value is -0.630. The van der Waals surface area contributed by atoms with Crippen LogP contribution in [0.4, 0.5) is 0 Å². The Morgan fingerprint density at radius 1 is 1.31 bits per heavy atom. The third-order valence-electron chi connectivity index (χ3n) is 2.54. The predicted octanol–water partition coefficient (Wildman–Crippen LogP) is 4.35. The minimum Gasteiger partial charge on any atom is -0.494 e. The van der Waals surface area contributed by atoms with E-state index in [2.05, 4.69) is 39.5 Å². The summed E-state index contributed by atoms with van der Waals surface area (Å²) in [7, 11) is 0. The summed E-state index contributed by atoms with van der Waals surface area (Å²) in [5, 5.41) is 0. The van der Waals surface area contributed by atoms with Crippen molar-refractivity contribution in [2.45, 2.75) is 44.9 Å². The summed E-state index contributed by atoms with van der Waals surface area (Å²) in [5.41, 5.74) is 1.31. The van der Waals surface area contributed by atoms with E-state index < -0.39 is 0 Å². The van der Waals surface area contributed by atoms with Gasteiger partial charge in [-0.3, -0.25) is 0 Å². The van der Waals surface area contributed by atoms with Gasteiger partial charge >= 0.3 is 0 Å². The molecule has 0 aliphatic heterocycles. The molecule has 0 N–H and O–H groups in total. The molecule has 0 aliphatic rings. The number of benzene rings is 1. The molecule has 0 amide bonds. The average Bonchev–Trinajstić information content (AvgIpc) is 2.21. The van der Waals surface area contributed by atoms with Crippen molar-refractivity contribution in [3.8, 4) is 5.75 Å². The largest absolute Gasteiger partial charge is 0.494 e. The van der Waals surface area contributed by atoms with Gasteiger partial charge in [-0.2, -0.15) is 0 Å². The van der Waals surface area contributed by atoms with Crippen molar-refractivity contribution < 1.29 is 4.74 Å². The molecule has 0 aliphatic carbocycles. The van der Waals surface area contributed by atoms with Crippen LogP contribution >= 0.6 is 12.6 Å². The number of aryl methyl sites for hydroxylation is 1. The maximum Gasteiger partial charge on any atom is 0.120 e. The molecule has 1 nitrogen and oxygen atoms in total. The van der Waals surface area contributed by atoms with E-state index in [1.54, 1.807) is 0 Å². The molecule has 0 spiro atoms. The third-order valence-corrected chi connectivity index (χ3v) is 2.96. The fraction of sp³-hybridized carbons (Fsp3) is 0.571. The van der Waals surface area contributed by atoms with E-state index in [0.29, 0.717) is 5.92 Å². The van der Waals surface area contributed by atoms with Gasteiger partial charge in [-0.15, -0.1) is 12.6 Å². The first-order chi connectivity index (χ1) is 7.63. The highest BCUT2D eigenvalue weighted by Crippen LogP contribution is 2.22. The summed E-state index contributed by atoms with van der Waals surface area (Å²) < 4.78 is 5.68. The minimum atomic E-state index is 0.690. The normalized spacial score (nSPS) is 10.8. The highest BCUT2D eigenvalue weighted by molar-refractivity contribution is 7.80. The molecule has 0 saturated heterocycles. The van der Waals surface area contributed by atoms with Gasteiger partial charge in [-0.25, -0.2) is 0 Å². The second-order valence-corrected chi connectivity index (χ2v) is 5.05. The van der Waals surface area contributed by atoms with Crippen molar-refractivity contribution in [3.63, 3.8) is 0 Å². The standard InChI is InChI=1S/C14H22OS/c1-4-5-12-6-7-13(10-14(12)16)15-9-8-11(2)3/h6-7,10-11,16H,4-5,8-9H2,1-3H3. The van der Waals surface area contributed by atoms with Crippen molar-refractivity contribution in [1.82, 2.24) is 0 Å². The predicted molar refractivity (Wildman–Crippen MR) is 72.6 cm³/mol. The van der Waals surface area contributed by atoms with Crippen molar-refractivity contribution in [2.24, 2.45) is 5.92 Å². The highest BCUT2D eigenvalue weighted by atomic mass is 32.1. The smallest absolute Gasteiger partial charge is 0.120 e. The molecule has 90 valence electrons. The Morgan fingerprint density at radius 2 is 2.06 bits per heavy atom. The van der Waals surface area contributed by atoms with Crippen LogP contribution in [0.5, 0.6) is 5.75 Å². The second-order valence-electron chi connectivity index (χ2n) is 4.57. The zero-order valence-electron chi connectivity index (χ0n) is 10.5. The van der Waals surface area contributed by atoms with E-state index in [1.165, 1.54) is 5.56 Å². The van der Waals surface area contributed by atoms with Gasteiger partial charge in [-0.05, 0) is 36.5 Å². The van der Waals surface area contributed by atoms with Gasteiger partial charge in [0.15, 0.2) is 0 Å². The quantitative estimate of drug-likeness (QED) is 0.725. The van der Waals surface area contributed by atoms with Crippen LogP contribution in [-0.2, 0) is 6.42 Å². The Kier molecular flexibility index (Phi) is 5.75. The monoisotopic (exact) mass is 238 g/mol. The van der Waals surface area contributed by atoms with E-state index in [9.17, 15) is 0 Å². The lowest BCUT2D eigenvalue weighted by molar-refractivity contribution is 0.289. The van der Waals surface area contributed by atoms with E-state index >= 15 is 0 Å². The van der Waals surface area contributed by atoms with Crippen molar-refractivity contribution in [3.05, 3.63) is 23.8 Å². The Labute approximate surface area is 105 Å². The molecule has 0 bridgehead atoms. The zero-order chi connectivity index (χ0) is 12.0. The molecule has 0 radical (unpaired) electrons. The first-order valence-electron chi connectivity index (χ1n) is 6.08. The third kappa shape index (κ3) is 4.48. The van der Waals surface area contributed by atoms with Crippen LogP contribution in [0, 0.1) is 5.92 Å². The van der Waals surface area contributed by atoms with E-state index in [-0.39, 0.29) is 0 Å². The van der Waals surface area contributed by atoms with Crippen LogP contribution < -0.4 is 4.74 Å². The average molecular weight is 238 g/mol. The van der Waals surface area contributed by atoms with E-state index in [4.69, 9.17) is 4.74 Å². The number of ether oxygens (including phenoxy) is 1. The van der Waals surface area contributed by atoms with Gasteiger partial charge in [0, 0.05) is 4.90 Å². The Morgan fingerprint density at radius 3 is 2.62 bits per heavy atom. The van der Waals surface area contributed by atoms with Gasteiger partial charge in [0.25, 0.3) is 0 Å². The Balaban J connectivity index is 2.52. The Bertz CT molecular complexity index is 321. The fourth-order valence-electron chi connectivity index (χ4n) is 1.53. The molecule has 0 heterocycles. The van der Waals surface area contributed by atoms with E-state index in [1.807, 2.05) is 12.1 Å². The van der Waals surface area contributed by atoms with Crippen LogP contribution in [0.1, 0.15) is 39.2 Å². The van der Waals surface area contributed by atoms with Gasteiger partial charge in [0.2, 0.25) is 0 Å². The highest BCUT2D eigenvalue weighted by Gasteiger charge is 2.01. The fourth-order valence-corrected chi connectivity index (χ4v) is 1.84. The molecule has 1 rings (SSSR count). The summed E-state index contributed by atoms with van der Waals surface area (Å²) in [4.78, 5) is 1.05. The van der Waals surface area contributed by atoms with Crippen LogP contribution in [0.15, 0.2) is 23.1 Å². The van der Waals surface area contributed by atoms with Crippen LogP contribution in [0.3, 0.4) is 0 Å². The summed E-state index contributed by atoms with van der Waals surface area (Å²) >= 11 is 4.48. The molecule has 0 atom stereocenters. The second kappa shape index (κ2) is 6.85. The van der Waals surface area contributed by atoms with Crippen LogP contribution in [0.25, 0.3) is 0 Å². The number of thiol groups is 1. The maximum atomic E-state index is 5.68. The molecule has 0 unspecified atom stereocenters. The molecular weight excluding hydrogens is 216 g/mol. The first kappa shape index (κ1) is 13.4. The summed E-state index contributed by atoms with van der Waals surface area (Å²) in [5.74, 6) is 1.63. The first-order valence-corrected chi connectivity index (χ1v) is 6.53. The minimum absolute atomic E-state index is 0.690. The van der Waals surface area contributed by atoms with Crippen LogP contribution in [-0.4, -0.2) is 6.61 Å².